The molecule has 286 valence electrons. The fourth-order valence-corrected chi connectivity index (χ4v) is 12.0. The first-order valence-corrected chi connectivity index (χ1v) is 22.0. The van der Waals surface area contributed by atoms with E-state index in [2.05, 4.69) is 187 Å². The molecule has 1 fully saturated rings. The Bertz CT molecular complexity index is 2740. The summed E-state index contributed by atoms with van der Waals surface area (Å²) in [5, 5.41) is 2.66. The van der Waals surface area contributed by atoms with Crippen molar-refractivity contribution >= 4 is 38.9 Å². The van der Waals surface area contributed by atoms with Gasteiger partial charge < -0.3 is 9.47 Å². The molecule has 11 rings (SSSR count). The highest BCUT2D eigenvalue weighted by Crippen LogP contribution is 2.67. The van der Waals surface area contributed by atoms with Gasteiger partial charge in [-0.3, -0.25) is 0 Å². The summed E-state index contributed by atoms with van der Waals surface area (Å²) >= 11 is 0. The zero-order chi connectivity index (χ0) is 38.8. The fraction of sp³-hybridized carbons (Fsp3) is 0.250. The van der Waals surface area contributed by atoms with Crippen LogP contribution in [0.3, 0.4) is 0 Å². The average molecular weight is 753 g/mol. The lowest BCUT2D eigenvalue weighted by molar-refractivity contribution is 0.265. The van der Waals surface area contributed by atoms with Gasteiger partial charge in [0.15, 0.2) is 0 Å². The molecule has 1 spiro atoms. The second-order valence-corrected chi connectivity index (χ2v) is 17.2. The number of hydrogen-bond acceptors (Lipinski definition) is 1. The van der Waals surface area contributed by atoms with E-state index >= 15 is 0 Å². The second-order valence-electron chi connectivity index (χ2n) is 17.2. The summed E-state index contributed by atoms with van der Waals surface area (Å²) in [7, 11) is 0. The summed E-state index contributed by atoms with van der Waals surface area (Å²) in [6.07, 6.45) is 9.96. The molecule has 7 aromatic carbocycles. The van der Waals surface area contributed by atoms with Gasteiger partial charge in [-0.25, -0.2) is 0 Å². The van der Waals surface area contributed by atoms with Gasteiger partial charge >= 0.3 is 0 Å². The lowest BCUT2D eigenvalue weighted by Gasteiger charge is -2.39. The molecular formula is C56H52N2. The molecule has 1 unspecified atom stereocenters. The first-order valence-electron chi connectivity index (χ1n) is 22.0. The minimum absolute atomic E-state index is 0.0630. The molecule has 0 bridgehead atoms. The van der Waals surface area contributed by atoms with E-state index < -0.39 is 0 Å². The van der Waals surface area contributed by atoms with Gasteiger partial charge in [-0.1, -0.05) is 155 Å². The predicted molar refractivity (Wildman–Crippen MR) is 245 cm³/mol. The lowest BCUT2D eigenvalue weighted by atomic mass is 9.63. The summed E-state index contributed by atoms with van der Waals surface area (Å²) in [6, 6.07) is 63.0. The molecule has 0 N–H and O–H groups in total. The van der Waals surface area contributed by atoms with Crippen molar-refractivity contribution in [2.45, 2.75) is 82.6 Å². The lowest BCUT2D eigenvalue weighted by Crippen LogP contribution is -2.35. The van der Waals surface area contributed by atoms with E-state index in [0.29, 0.717) is 17.9 Å². The van der Waals surface area contributed by atoms with E-state index in [0.717, 1.165) is 5.69 Å². The van der Waals surface area contributed by atoms with Gasteiger partial charge in [0.05, 0.1) is 0 Å². The minimum atomic E-state index is -0.0630. The topological polar surface area (TPSA) is 8.17 Å². The summed E-state index contributed by atoms with van der Waals surface area (Å²) < 4.78 is 2.64. The van der Waals surface area contributed by atoms with Crippen LogP contribution in [0.5, 0.6) is 0 Å². The molecule has 0 saturated heterocycles. The van der Waals surface area contributed by atoms with Gasteiger partial charge in [0, 0.05) is 50.3 Å². The highest BCUT2D eigenvalue weighted by atomic mass is 15.1. The maximum atomic E-state index is 2.64. The summed E-state index contributed by atoms with van der Waals surface area (Å²) in [4.78, 5) is 2.43. The predicted octanol–water partition coefficient (Wildman–Crippen LogP) is 15.7. The van der Waals surface area contributed by atoms with Gasteiger partial charge in [0.1, 0.15) is 0 Å². The van der Waals surface area contributed by atoms with E-state index in [9.17, 15) is 0 Å². The van der Waals surface area contributed by atoms with Crippen molar-refractivity contribution in [1.29, 1.82) is 0 Å². The molecule has 0 radical (unpaired) electrons. The van der Waals surface area contributed by atoms with Crippen LogP contribution >= 0.6 is 0 Å². The van der Waals surface area contributed by atoms with E-state index in [-0.39, 0.29) is 5.41 Å². The Morgan fingerprint density at radius 1 is 0.534 bits per heavy atom. The molecule has 1 saturated carbocycles. The zero-order valence-corrected chi connectivity index (χ0v) is 33.9. The fourth-order valence-electron chi connectivity index (χ4n) is 12.0. The van der Waals surface area contributed by atoms with Crippen molar-refractivity contribution in [2.75, 3.05) is 4.90 Å². The molecule has 3 aliphatic carbocycles. The van der Waals surface area contributed by atoms with E-state index in [1.165, 1.54) is 118 Å². The number of rotatable bonds is 9. The van der Waals surface area contributed by atoms with E-state index in [1.54, 1.807) is 11.1 Å². The molecule has 0 aliphatic heterocycles. The zero-order valence-electron chi connectivity index (χ0n) is 33.9. The molecule has 2 atom stereocenters. The molecule has 2 heteroatoms. The molecule has 1 heterocycles. The quantitative estimate of drug-likeness (QED) is 0.143. The second kappa shape index (κ2) is 14.2. The number of benzene rings is 7. The Balaban J connectivity index is 1.00. The highest BCUT2D eigenvalue weighted by Gasteiger charge is 2.58. The minimum Gasteiger partial charge on any atom is -0.337 e. The van der Waals surface area contributed by atoms with E-state index in [4.69, 9.17) is 0 Å². The van der Waals surface area contributed by atoms with Crippen molar-refractivity contribution in [3.63, 3.8) is 0 Å². The van der Waals surface area contributed by atoms with Crippen LogP contribution < -0.4 is 4.90 Å². The van der Waals surface area contributed by atoms with Crippen molar-refractivity contribution in [3.8, 4) is 22.3 Å². The van der Waals surface area contributed by atoms with Crippen LogP contribution in [0.1, 0.15) is 99.4 Å². The summed E-state index contributed by atoms with van der Waals surface area (Å²) in [5.41, 5.74) is 17.8. The molecule has 2 nitrogen and oxygen atoms in total. The molecule has 0 amide bonds. The number of anilines is 3. The van der Waals surface area contributed by atoms with Crippen LogP contribution in [0.15, 0.2) is 164 Å². The van der Waals surface area contributed by atoms with Crippen molar-refractivity contribution in [3.05, 3.63) is 186 Å². The van der Waals surface area contributed by atoms with Gasteiger partial charge in [0.25, 0.3) is 0 Å². The largest absolute Gasteiger partial charge is 0.337 e. The van der Waals surface area contributed by atoms with Crippen LogP contribution in [0.2, 0.25) is 0 Å². The summed E-state index contributed by atoms with van der Waals surface area (Å²) in [5.74, 6) is 1.17. The number of fused-ring (bicyclic) bond motifs is 13. The first kappa shape index (κ1) is 35.3. The standard InChI is InChI=1S/C56H52N2/c1-3-16-40(17-4-2)58-54-27-15-11-23-47(54)49-37-43(33-35-55(49)58)57(41-18-6-5-7-19-41)42-31-28-38(29-32-42)39-30-34-53-48(36-39)46-22-10-14-26-52(46)56(53)50-24-12-8-20-44(50)45-21-9-13-25-51(45)56/h5-9,11-13,15,18-21,23-25,27-37,40,46,52H,3-4,10,14,16-17,22,26H2,1-2H3/t46?,52-/m0/s1. The molecular weight excluding hydrogens is 701 g/mol. The monoisotopic (exact) mass is 752 g/mol. The molecule has 58 heavy (non-hydrogen) atoms. The van der Waals surface area contributed by atoms with Gasteiger partial charge in [-0.2, -0.15) is 0 Å². The number of nitrogens with zero attached hydrogens (tertiary/aromatic N) is 2. The van der Waals surface area contributed by atoms with Crippen molar-refractivity contribution in [2.24, 2.45) is 5.92 Å². The Morgan fingerprint density at radius 2 is 1.14 bits per heavy atom. The third-order valence-electron chi connectivity index (χ3n) is 14.2. The first-order chi connectivity index (χ1) is 28.7. The Morgan fingerprint density at radius 3 is 1.88 bits per heavy atom. The Kier molecular flexibility index (Phi) is 8.65. The van der Waals surface area contributed by atoms with Crippen LogP contribution in [-0.2, 0) is 5.41 Å². The Labute approximate surface area is 343 Å². The third kappa shape index (κ3) is 5.23. The molecule has 3 aliphatic rings. The van der Waals surface area contributed by atoms with Crippen LogP contribution in [0, 0.1) is 5.92 Å². The SMILES string of the molecule is CCCC(CCC)n1c2ccccc2c2cc(N(c3ccccc3)c3ccc(-c4ccc5c(c4)C4CCCC[C@@H]4C54c5ccccc5-c5ccccc54)cc3)ccc21. The maximum absolute atomic E-state index is 2.64. The highest BCUT2D eigenvalue weighted by molar-refractivity contribution is 6.09. The average Bonchev–Trinajstić information content (AvgIpc) is 3.88. The Hall–Kier alpha value is -5.86. The van der Waals surface area contributed by atoms with Crippen LogP contribution in [-0.4, -0.2) is 4.57 Å². The van der Waals surface area contributed by atoms with Crippen LogP contribution in [0.25, 0.3) is 44.1 Å². The summed E-state index contributed by atoms with van der Waals surface area (Å²) in [6.45, 7) is 4.63. The van der Waals surface area contributed by atoms with Crippen LogP contribution in [0.4, 0.5) is 17.1 Å². The molecule has 8 aromatic rings. The number of para-hydroxylation sites is 2. The van der Waals surface area contributed by atoms with Crippen molar-refractivity contribution in [1.82, 2.24) is 4.57 Å². The normalized spacial score (nSPS) is 17.4. The molecule has 1 aromatic heterocycles. The van der Waals surface area contributed by atoms with E-state index in [1.807, 2.05) is 0 Å². The maximum Gasteiger partial charge on any atom is 0.0500 e. The smallest absolute Gasteiger partial charge is 0.0500 e. The number of hydrogen-bond donors (Lipinski definition) is 0. The van der Waals surface area contributed by atoms with Gasteiger partial charge in [-0.15, -0.1) is 0 Å². The van der Waals surface area contributed by atoms with Crippen molar-refractivity contribution < 1.29 is 0 Å². The van der Waals surface area contributed by atoms with Gasteiger partial charge in [0.2, 0.25) is 0 Å². The third-order valence-corrected chi connectivity index (χ3v) is 14.2. The van der Waals surface area contributed by atoms with Gasteiger partial charge in [-0.05, 0) is 131 Å². The number of aromatic nitrogens is 1.